The number of aryl methyl sites for hydroxylation is 2. The van der Waals surface area contributed by atoms with E-state index in [1.165, 1.54) is 11.3 Å². The van der Waals surface area contributed by atoms with Gasteiger partial charge in [-0.05, 0) is 57.9 Å². The largest absolute Gasteiger partial charge is 0.373 e. The molecule has 1 amide bonds. The number of hydrogen-bond donors (Lipinski definition) is 0. The fourth-order valence-corrected chi connectivity index (χ4v) is 7.03. The van der Waals surface area contributed by atoms with E-state index in [2.05, 4.69) is 18.7 Å². The van der Waals surface area contributed by atoms with Crippen molar-refractivity contribution in [2.24, 2.45) is 5.92 Å². The smallest absolute Gasteiger partial charge is 0.264 e. The summed E-state index contributed by atoms with van der Waals surface area (Å²) in [5, 5.41) is 0.652. The number of likely N-dealkylation sites (tertiary alicyclic amines) is 1. The Labute approximate surface area is 199 Å². The van der Waals surface area contributed by atoms with Gasteiger partial charge in [0, 0.05) is 45.7 Å². The van der Waals surface area contributed by atoms with Crippen molar-refractivity contribution in [1.29, 1.82) is 0 Å². The molecule has 5 rings (SSSR count). The Morgan fingerprint density at radius 2 is 1.82 bits per heavy atom. The van der Waals surface area contributed by atoms with E-state index in [1.54, 1.807) is 0 Å². The Balaban J connectivity index is 1.28. The molecule has 180 valence electrons. The van der Waals surface area contributed by atoms with Gasteiger partial charge in [0.1, 0.15) is 10.7 Å². The highest BCUT2D eigenvalue weighted by atomic mass is 32.1. The van der Waals surface area contributed by atoms with Crippen LogP contribution in [0.15, 0.2) is 4.79 Å². The molecule has 5 heterocycles. The minimum absolute atomic E-state index is 0.0392. The maximum atomic E-state index is 13.4. The number of rotatable bonds is 3. The van der Waals surface area contributed by atoms with E-state index >= 15 is 0 Å². The van der Waals surface area contributed by atoms with Crippen LogP contribution < -0.4 is 5.56 Å². The van der Waals surface area contributed by atoms with Gasteiger partial charge in [0.15, 0.2) is 0 Å². The van der Waals surface area contributed by atoms with E-state index < -0.39 is 0 Å². The maximum absolute atomic E-state index is 13.4. The van der Waals surface area contributed by atoms with Crippen molar-refractivity contribution in [1.82, 2.24) is 19.4 Å². The van der Waals surface area contributed by atoms with Crippen molar-refractivity contribution < 1.29 is 9.53 Å². The van der Waals surface area contributed by atoms with Crippen molar-refractivity contribution in [3.63, 3.8) is 0 Å². The number of aromatic nitrogens is 2. The van der Waals surface area contributed by atoms with E-state index in [9.17, 15) is 9.59 Å². The molecule has 2 saturated heterocycles. The molecule has 3 aliphatic heterocycles. The predicted molar refractivity (Wildman–Crippen MR) is 131 cm³/mol. The van der Waals surface area contributed by atoms with Gasteiger partial charge in [-0.3, -0.25) is 19.1 Å². The van der Waals surface area contributed by atoms with Gasteiger partial charge < -0.3 is 9.64 Å². The summed E-state index contributed by atoms with van der Waals surface area (Å²) >= 11 is 1.41. The van der Waals surface area contributed by atoms with E-state index in [-0.39, 0.29) is 11.5 Å². The standard InChI is InChI=1S/C25H36N4O3S/c1-16-13-27(14-17(2)32-16)15-19-8-11-28(12-9-19)25(31)22-18(3)21-23(33-22)26-20-7-5-4-6-10-29(20)24(21)30/h16-17,19H,4-15H2,1-3H3. The Morgan fingerprint density at radius 1 is 1.09 bits per heavy atom. The van der Waals surface area contributed by atoms with E-state index in [0.717, 1.165) is 94.0 Å². The second-order valence-electron chi connectivity index (χ2n) is 10.2. The molecular weight excluding hydrogens is 436 g/mol. The highest BCUT2D eigenvalue weighted by Crippen LogP contribution is 2.31. The van der Waals surface area contributed by atoms with Crippen LogP contribution >= 0.6 is 11.3 Å². The molecule has 0 N–H and O–H groups in total. The summed E-state index contributed by atoms with van der Waals surface area (Å²) in [7, 11) is 0. The monoisotopic (exact) mass is 472 g/mol. The first-order valence-corrected chi connectivity index (χ1v) is 13.4. The van der Waals surface area contributed by atoms with Crippen LogP contribution in [0.2, 0.25) is 0 Å². The van der Waals surface area contributed by atoms with Gasteiger partial charge in [-0.2, -0.15) is 0 Å². The quantitative estimate of drug-likeness (QED) is 0.685. The summed E-state index contributed by atoms with van der Waals surface area (Å²) in [6.45, 7) is 11.6. The molecule has 33 heavy (non-hydrogen) atoms. The van der Waals surface area contributed by atoms with Gasteiger partial charge in [0.05, 0.1) is 22.5 Å². The van der Waals surface area contributed by atoms with Gasteiger partial charge in [-0.1, -0.05) is 6.42 Å². The fraction of sp³-hybridized carbons (Fsp3) is 0.720. The summed E-state index contributed by atoms with van der Waals surface area (Å²) in [5.41, 5.74) is 0.854. The first kappa shape index (κ1) is 23.0. The van der Waals surface area contributed by atoms with Crippen LogP contribution in [-0.4, -0.2) is 70.2 Å². The third kappa shape index (κ3) is 4.62. The SMILES string of the molecule is Cc1c(C(=O)N2CCC(CN3CC(C)OC(C)C3)CC2)sc2nc3n(c(=O)c12)CCCCC3. The summed E-state index contributed by atoms with van der Waals surface area (Å²) in [6.07, 6.45) is 6.73. The molecule has 7 nitrogen and oxygen atoms in total. The summed E-state index contributed by atoms with van der Waals surface area (Å²) < 4.78 is 7.71. The first-order valence-electron chi connectivity index (χ1n) is 12.6. The van der Waals surface area contributed by atoms with Crippen molar-refractivity contribution in [2.75, 3.05) is 32.7 Å². The Morgan fingerprint density at radius 3 is 2.55 bits per heavy atom. The Kier molecular flexibility index (Phi) is 6.60. The molecule has 0 spiro atoms. The second-order valence-corrected chi connectivity index (χ2v) is 11.2. The number of piperidine rings is 1. The summed E-state index contributed by atoms with van der Waals surface area (Å²) in [6, 6.07) is 0. The van der Waals surface area contributed by atoms with Crippen molar-refractivity contribution in [3.05, 3.63) is 26.6 Å². The topological polar surface area (TPSA) is 67.7 Å². The van der Waals surface area contributed by atoms with Crippen molar-refractivity contribution in [3.8, 4) is 0 Å². The molecule has 0 saturated carbocycles. The molecule has 3 aliphatic rings. The minimum atomic E-state index is 0.0392. The Bertz CT molecular complexity index is 1080. The van der Waals surface area contributed by atoms with Gasteiger partial charge in [-0.25, -0.2) is 4.98 Å². The fourth-order valence-electron chi connectivity index (χ4n) is 5.87. The third-order valence-electron chi connectivity index (χ3n) is 7.52. The lowest BCUT2D eigenvalue weighted by atomic mass is 9.95. The molecule has 2 aromatic rings. The van der Waals surface area contributed by atoms with Crippen LogP contribution in [-0.2, 0) is 17.7 Å². The van der Waals surface area contributed by atoms with Gasteiger partial charge in [0.2, 0.25) is 0 Å². The molecule has 0 bridgehead atoms. The number of carbonyl (C=O) groups excluding carboxylic acids is 1. The predicted octanol–water partition coefficient (Wildman–Crippen LogP) is 3.45. The molecule has 2 atom stereocenters. The zero-order chi connectivity index (χ0) is 23.1. The van der Waals surface area contributed by atoms with Crippen LogP contribution in [0.3, 0.4) is 0 Å². The number of ether oxygens (including phenoxy) is 1. The second kappa shape index (κ2) is 9.47. The Hall–Kier alpha value is -1.77. The number of amides is 1. The van der Waals surface area contributed by atoms with Gasteiger partial charge >= 0.3 is 0 Å². The zero-order valence-corrected chi connectivity index (χ0v) is 21.0. The van der Waals surface area contributed by atoms with Crippen LogP contribution in [0, 0.1) is 12.8 Å². The highest BCUT2D eigenvalue weighted by Gasteiger charge is 2.30. The molecule has 0 radical (unpaired) electrons. The molecule has 2 fully saturated rings. The lowest BCUT2D eigenvalue weighted by molar-refractivity contribution is -0.0728. The molecular formula is C25H36N4O3S. The normalized spacial score (nSPS) is 25.2. The van der Waals surface area contributed by atoms with Crippen molar-refractivity contribution >= 4 is 27.5 Å². The van der Waals surface area contributed by atoms with E-state index in [1.807, 2.05) is 16.4 Å². The average Bonchev–Trinajstić information content (AvgIpc) is 2.94. The molecule has 8 heteroatoms. The van der Waals surface area contributed by atoms with E-state index in [0.29, 0.717) is 28.4 Å². The molecule has 0 aromatic carbocycles. The maximum Gasteiger partial charge on any atom is 0.264 e. The van der Waals surface area contributed by atoms with Crippen LogP contribution in [0.1, 0.15) is 67.0 Å². The number of nitrogens with zero attached hydrogens (tertiary/aromatic N) is 4. The van der Waals surface area contributed by atoms with Crippen LogP contribution in [0.25, 0.3) is 10.2 Å². The highest BCUT2D eigenvalue weighted by molar-refractivity contribution is 7.20. The summed E-state index contributed by atoms with van der Waals surface area (Å²) in [5.74, 6) is 1.58. The number of fused-ring (bicyclic) bond motifs is 2. The number of hydrogen-bond acceptors (Lipinski definition) is 6. The average molecular weight is 473 g/mol. The van der Waals surface area contributed by atoms with Gasteiger partial charge in [0.25, 0.3) is 11.5 Å². The molecule has 2 unspecified atom stereocenters. The third-order valence-corrected chi connectivity index (χ3v) is 8.69. The summed E-state index contributed by atoms with van der Waals surface area (Å²) in [4.78, 5) is 37.4. The number of carbonyl (C=O) groups is 1. The molecule has 0 aliphatic carbocycles. The lowest BCUT2D eigenvalue weighted by Gasteiger charge is -2.39. The minimum Gasteiger partial charge on any atom is -0.373 e. The van der Waals surface area contributed by atoms with Crippen LogP contribution in [0.5, 0.6) is 0 Å². The number of morpholine rings is 1. The zero-order valence-electron chi connectivity index (χ0n) is 20.1. The lowest BCUT2D eigenvalue weighted by Crippen LogP contribution is -2.48. The van der Waals surface area contributed by atoms with E-state index in [4.69, 9.17) is 9.72 Å². The number of thiophene rings is 1. The molecule has 2 aromatic heterocycles. The van der Waals surface area contributed by atoms with Crippen LogP contribution in [0.4, 0.5) is 0 Å². The first-order chi connectivity index (χ1) is 15.9. The van der Waals surface area contributed by atoms with Gasteiger partial charge in [-0.15, -0.1) is 11.3 Å². The van der Waals surface area contributed by atoms with Crippen molar-refractivity contribution in [2.45, 2.75) is 78.0 Å².